The maximum atomic E-state index is 11.4. The molecule has 0 bridgehead atoms. The average Bonchev–Trinajstić information content (AvgIpc) is 2.30. The molecule has 0 fully saturated rings. The second kappa shape index (κ2) is 4.68. The van der Waals surface area contributed by atoms with Crippen molar-refractivity contribution in [1.29, 1.82) is 0 Å². The number of hydrogen-bond donors (Lipinski definition) is 0. The zero-order chi connectivity index (χ0) is 11.5. The van der Waals surface area contributed by atoms with Crippen LogP contribution in [0.4, 0.5) is 0 Å². The third-order valence-electron chi connectivity index (χ3n) is 2.30. The van der Waals surface area contributed by atoms with Crippen molar-refractivity contribution >= 4 is 29.3 Å². The highest BCUT2D eigenvalue weighted by molar-refractivity contribution is 7.73. The molecular formula is C13H10OS2. The predicted molar refractivity (Wildman–Crippen MR) is 70.6 cm³/mol. The Bertz CT molecular complexity index is 570. The molecule has 0 radical (unpaired) electrons. The number of ketones is 1. The smallest absolute Gasteiger partial charge is 0.162 e. The second-order valence-corrected chi connectivity index (χ2v) is 5.01. The van der Waals surface area contributed by atoms with Gasteiger partial charge < -0.3 is 0 Å². The Labute approximate surface area is 103 Å². The second-order valence-electron chi connectivity index (χ2n) is 3.46. The van der Waals surface area contributed by atoms with Gasteiger partial charge in [0.1, 0.15) is 3.82 Å². The van der Waals surface area contributed by atoms with E-state index in [4.69, 9.17) is 12.2 Å². The predicted octanol–water partition coefficient (Wildman–Crippen LogP) is 4.35. The van der Waals surface area contributed by atoms with Crippen LogP contribution in [0.25, 0.3) is 11.1 Å². The highest BCUT2D eigenvalue weighted by Crippen LogP contribution is 2.23. The van der Waals surface area contributed by atoms with Gasteiger partial charge in [0.2, 0.25) is 0 Å². The summed E-state index contributed by atoms with van der Waals surface area (Å²) >= 11 is 6.57. The Kier molecular flexibility index (Phi) is 3.27. The molecule has 1 nitrogen and oxygen atoms in total. The van der Waals surface area contributed by atoms with Crippen molar-refractivity contribution in [2.24, 2.45) is 0 Å². The van der Waals surface area contributed by atoms with Crippen LogP contribution in [0.2, 0.25) is 0 Å². The van der Waals surface area contributed by atoms with Crippen LogP contribution in [0.15, 0.2) is 41.8 Å². The summed E-state index contributed by atoms with van der Waals surface area (Å²) in [5, 5.41) is 1.99. The van der Waals surface area contributed by atoms with Crippen LogP contribution in [0.1, 0.15) is 17.3 Å². The molecule has 2 aromatic rings. The number of carbonyl (C=O) groups is 1. The Balaban J connectivity index is 2.57. The largest absolute Gasteiger partial charge is 0.294 e. The first-order chi connectivity index (χ1) is 7.68. The van der Waals surface area contributed by atoms with Gasteiger partial charge in [-0.25, -0.2) is 0 Å². The van der Waals surface area contributed by atoms with Gasteiger partial charge in [-0.05, 0) is 24.1 Å². The molecule has 1 aromatic carbocycles. The van der Waals surface area contributed by atoms with Crippen molar-refractivity contribution in [3.63, 3.8) is 0 Å². The highest BCUT2D eigenvalue weighted by Gasteiger charge is 2.05. The minimum absolute atomic E-state index is 0.0269. The van der Waals surface area contributed by atoms with E-state index in [1.165, 1.54) is 11.3 Å². The molecule has 16 heavy (non-hydrogen) atoms. The van der Waals surface area contributed by atoms with Gasteiger partial charge in [0.15, 0.2) is 5.78 Å². The first kappa shape index (κ1) is 11.2. The lowest BCUT2D eigenvalue weighted by Crippen LogP contribution is -1.92. The monoisotopic (exact) mass is 246 g/mol. The Hall–Kier alpha value is -1.32. The molecule has 0 aliphatic rings. The van der Waals surface area contributed by atoms with Gasteiger partial charge in [0, 0.05) is 10.9 Å². The lowest BCUT2D eigenvalue weighted by Gasteiger charge is -2.02. The van der Waals surface area contributed by atoms with Gasteiger partial charge in [-0.1, -0.05) is 42.5 Å². The zero-order valence-electron chi connectivity index (χ0n) is 8.77. The third-order valence-corrected chi connectivity index (χ3v) is 3.61. The highest BCUT2D eigenvalue weighted by atomic mass is 32.1. The first-order valence-corrected chi connectivity index (χ1v) is 6.16. The molecular weight excluding hydrogens is 236 g/mol. The van der Waals surface area contributed by atoms with E-state index < -0.39 is 0 Å². The molecule has 0 N–H and O–H groups in total. The summed E-state index contributed by atoms with van der Waals surface area (Å²) in [7, 11) is 0. The van der Waals surface area contributed by atoms with E-state index in [0.29, 0.717) is 9.39 Å². The maximum absolute atomic E-state index is 11.4. The topological polar surface area (TPSA) is 17.1 Å². The molecule has 0 aliphatic heterocycles. The van der Waals surface area contributed by atoms with Crippen LogP contribution in [0, 0.1) is 3.82 Å². The Morgan fingerprint density at radius 2 is 1.88 bits per heavy atom. The van der Waals surface area contributed by atoms with Crippen molar-refractivity contribution in [3.05, 3.63) is 51.2 Å². The Morgan fingerprint density at radius 1 is 1.19 bits per heavy atom. The molecule has 2 rings (SSSR count). The minimum atomic E-state index is 0.0269. The summed E-state index contributed by atoms with van der Waals surface area (Å²) in [5.41, 5.74) is 2.79. The fraction of sp³-hybridized carbons (Fsp3) is 0.0769. The molecule has 1 aromatic heterocycles. The molecule has 80 valence electrons. The summed E-state index contributed by atoms with van der Waals surface area (Å²) in [4.78, 5) is 11.4. The van der Waals surface area contributed by atoms with Gasteiger partial charge in [0.05, 0.1) is 0 Å². The summed E-state index contributed by atoms with van der Waals surface area (Å²) in [6.45, 7) is 1.55. The van der Waals surface area contributed by atoms with E-state index in [1.54, 1.807) is 6.92 Å². The number of benzene rings is 1. The molecule has 0 aliphatic carbocycles. The van der Waals surface area contributed by atoms with E-state index in [1.807, 2.05) is 41.8 Å². The molecule has 0 atom stereocenters. The lowest BCUT2D eigenvalue weighted by atomic mass is 10.1. The molecule has 0 spiro atoms. The SMILES string of the molecule is CC(=O)c1cc(-c2ccccc2)csc1=S. The van der Waals surface area contributed by atoms with E-state index in [0.717, 1.165) is 11.1 Å². The van der Waals surface area contributed by atoms with Crippen molar-refractivity contribution in [2.75, 3.05) is 0 Å². The van der Waals surface area contributed by atoms with E-state index in [9.17, 15) is 4.79 Å². The van der Waals surface area contributed by atoms with E-state index in [2.05, 4.69) is 0 Å². The van der Waals surface area contributed by atoms with Crippen LogP contribution < -0.4 is 0 Å². The minimum Gasteiger partial charge on any atom is -0.294 e. The average molecular weight is 246 g/mol. The van der Waals surface area contributed by atoms with E-state index >= 15 is 0 Å². The van der Waals surface area contributed by atoms with Gasteiger partial charge in [-0.2, -0.15) is 0 Å². The van der Waals surface area contributed by atoms with Gasteiger partial charge >= 0.3 is 0 Å². The van der Waals surface area contributed by atoms with Crippen molar-refractivity contribution < 1.29 is 4.79 Å². The summed E-state index contributed by atoms with van der Waals surface area (Å²) < 4.78 is 0.659. The van der Waals surface area contributed by atoms with Gasteiger partial charge in [-0.3, -0.25) is 4.79 Å². The summed E-state index contributed by atoms with van der Waals surface area (Å²) in [6.07, 6.45) is 0. The molecule has 3 heteroatoms. The van der Waals surface area contributed by atoms with E-state index in [-0.39, 0.29) is 5.78 Å². The van der Waals surface area contributed by atoms with Crippen molar-refractivity contribution in [3.8, 4) is 11.1 Å². The summed E-state index contributed by atoms with van der Waals surface area (Å²) in [5.74, 6) is 0.0269. The fourth-order valence-corrected chi connectivity index (χ4v) is 2.57. The number of rotatable bonds is 2. The van der Waals surface area contributed by atoms with Crippen LogP contribution in [-0.2, 0) is 0 Å². The van der Waals surface area contributed by atoms with Crippen LogP contribution in [-0.4, -0.2) is 5.78 Å². The van der Waals surface area contributed by atoms with Gasteiger partial charge in [0.25, 0.3) is 0 Å². The van der Waals surface area contributed by atoms with Gasteiger partial charge in [-0.15, -0.1) is 11.3 Å². The number of Topliss-reactive ketones (excluding diaryl/α,β-unsaturated/α-hetero) is 1. The molecule has 0 saturated heterocycles. The first-order valence-electron chi connectivity index (χ1n) is 4.87. The normalized spacial score (nSPS) is 10.1. The molecule has 0 amide bonds. The standard InChI is InChI=1S/C13H10OS2/c1-9(14)12-7-11(8-16-13(12)15)10-5-3-2-4-6-10/h2-8H,1H3. The maximum Gasteiger partial charge on any atom is 0.162 e. The third kappa shape index (κ3) is 2.26. The van der Waals surface area contributed by atoms with Crippen LogP contribution in [0.5, 0.6) is 0 Å². The number of hydrogen-bond acceptors (Lipinski definition) is 3. The number of carbonyl (C=O) groups excluding carboxylic acids is 1. The molecule has 0 saturated carbocycles. The van der Waals surface area contributed by atoms with Crippen molar-refractivity contribution in [2.45, 2.75) is 6.92 Å². The molecule has 0 unspecified atom stereocenters. The fourth-order valence-electron chi connectivity index (χ4n) is 1.46. The Morgan fingerprint density at radius 3 is 2.50 bits per heavy atom. The van der Waals surface area contributed by atoms with Crippen LogP contribution in [0.3, 0.4) is 0 Å². The summed E-state index contributed by atoms with van der Waals surface area (Å²) in [6, 6.07) is 11.9. The molecule has 1 heterocycles. The quantitative estimate of drug-likeness (QED) is 0.579. The van der Waals surface area contributed by atoms with Crippen LogP contribution >= 0.6 is 23.6 Å². The van der Waals surface area contributed by atoms with Crippen molar-refractivity contribution in [1.82, 2.24) is 0 Å². The lowest BCUT2D eigenvalue weighted by molar-refractivity contribution is 0.101. The zero-order valence-corrected chi connectivity index (χ0v) is 10.4.